The molecule has 1 unspecified atom stereocenters. The maximum absolute atomic E-state index is 11.2. The third-order valence-electron chi connectivity index (χ3n) is 4.15. The van der Waals surface area contributed by atoms with Gasteiger partial charge in [-0.2, -0.15) is 4.98 Å². The third-order valence-corrected chi connectivity index (χ3v) is 4.34. The minimum atomic E-state index is -0.882. The first-order valence-electron chi connectivity index (χ1n) is 9.71. The van der Waals surface area contributed by atoms with Gasteiger partial charge in [0.05, 0.1) is 46.8 Å². The average molecular weight is 422 g/mol. The van der Waals surface area contributed by atoms with Crippen molar-refractivity contribution in [3.05, 3.63) is 47.1 Å². The van der Waals surface area contributed by atoms with E-state index < -0.39 is 5.97 Å². The van der Waals surface area contributed by atoms with Gasteiger partial charge in [-0.3, -0.25) is 4.79 Å². The lowest BCUT2D eigenvalue weighted by Gasteiger charge is -2.29. The van der Waals surface area contributed by atoms with E-state index in [9.17, 15) is 9.90 Å². The van der Waals surface area contributed by atoms with Gasteiger partial charge in [0.25, 0.3) is 0 Å². The van der Waals surface area contributed by atoms with Crippen molar-refractivity contribution in [1.29, 1.82) is 0 Å². The maximum Gasteiger partial charge on any atom is 0.305 e. The van der Waals surface area contributed by atoms with E-state index in [1.54, 1.807) is 6.07 Å². The number of aliphatic carboxylic acids is 1. The van der Waals surface area contributed by atoms with Crippen molar-refractivity contribution in [3.8, 4) is 5.88 Å². The summed E-state index contributed by atoms with van der Waals surface area (Å²) in [5.74, 6) is -0.226. The third kappa shape index (κ3) is 9.58. The summed E-state index contributed by atoms with van der Waals surface area (Å²) in [6.07, 6.45) is 2.87. The molecule has 0 saturated carbocycles. The lowest BCUT2D eigenvalue weighted by atomic mass is 10.1. The average Bonchev–Trinajstić information content (AvgIpc) is 2.60. The van der Waals surface area contributed by atoms with Crippen molar-refractivity contribution >= 4 is 23.5 Å². The summed E-state index contributed by atoms with van der Waals surface area (Å²) in [6, 6.07) is 11.6. The number of likely N-dealkylation sites (N-methyl/N-ethyl adjacent to an activating group) is 1. The highest BCUT2D eigenvalue weighted by molar-refractivity contribution is 6.29. The van der Waals surface area contributed by atoms with Gasteiger partial charge in [0, 0.05) is 6.07 Å². The Balaban J connectivity index is 1.89. The van der Waals surface area contributed by atoms with Crippen molar-refractivity contribution in [2.45, 2.75) is 31.7 Å². The van der Waals surface area contributed by atoms with Crippen LogP contribution in [0.25, 0.3) is 0 Å². The second-order valence-corrected chi connectivity index (χ2v) is 8.44. The number of ether oxygens (including phenoxy) is 1. The Morgan fingerprint density at radius 2 is 1.93 bits per heavy atom. The number of aryl methyl sites for hydroxylation is 1. The summed E-state index contributed by atoms with van der Waals surface area (Å²) in [5.41, 5.74) is 1.31. The lowest BCUT2D eigenvalue weighted by Crippen LogP contribution is -2.45. The first kappa shape index (κ1) is 22.9. The van der Waals surface area contributed by atoms with Gasteiger partial charge in [0.15, 0.2) is 0 Å². The second-order valence-electron chi connectivity index (χ2n) is 8.06. The zero-order chi connectivity index (χ0) is 21.3. The molecule has 1 aromatic heterocycles. The topological polar surface area (TPSA) is 84.3 Å². The second kappa shape index (κ2) is 11.0. The van der Waals surface area contributed by atoms with Crippen molar-refractivity contribution in [1.82, 2.24) is 9.97 Å². The molecular formula is C21H30ClN4O3+. The predicted molar refractivity (Wildman–Crippen MR) is 114 cm³/mol. The molecule has 2 N–H and O–H groups in total. The van der Waals surface area contributed by atoms with Gasteiger partial charge in [-0.25, -0.2) is 4.98 Å². The number of hydrogen-bond donors (Lipinski definition) is 2. The summed E-state index contributed by atoms with van der Waals surface area (Å²) in [4.78, 5) is 19.7. The zero-order valence-corrected chi connectivity index (χ0v) is 18.0. The van der Waals surface area contributed by atoms with Gasteiger partial charge in [-0.15, -0.1) is 0 Å². The summed E-state index contributed by atoms with van der Waals surface area (Å²) < 4.78 is 6.34. The molecule has 0 amide bonds. The molecule has 0 aliphatic carbocycles. The van der Waals surface area contributed by atoms with Crippen LogP contribution in [0.15, 0.2) is 36.4 Å². The number of anilines is 1. The molecular weight excluding hydrogens is 392 g/mol. The minimum Gasteiger partial charge on any atom is -0.481 e. The van der Waals surface area contributed by atoms with Crippen LogP contribution in [-0.2, 0) is 11.2 Å². The van der Waals surface area contributed by atoms with Gasteiger partial charge < -0.3 is 19.6 Å². The molecule has 7 nitrogen and oxygen atoms in total. The Hall–Kier alpha value is -2.38. The van der Waals surface area contributed by atoms with Crippen molar-refractivity contribution in [3.63, 3.8) is 0 Å². The van der Waals surface area contributed by atoms with E-state index in [1.165, 1.54) is 5.56 Å². The fraction of sp³-hybridized carbons (Fsp3) is 0.476. The van der Waals surface area contributed by atoms with E-state index in [0.29, 0.717) is 23.5 Å². The molecule has 2 aromatic rings. The van der Waals surface area contributed by atoms with Gasteiger partial charge in [-0.05, 0) is 24.8 Å². The van der Waals surface area contributed by atoms with E-state index in [0.717, 1.165) is 19.3 Å². The highest BCUT2D eigenvalue weighted by atomic mass is 35.5. The van der Waals surface area contributed by atoms with Gasteiger partial charge in [0.2, 0.25) is 11.8 Å². The molecule has 0 radical (unpaired) electrons. The molecule has 2 rings (SSSR count). The highest BCUT2D eigenvalue weighted by Crippen LogP contribution is 2.18. The van der Waals surface area contributed by atoms with E-state index >= 15 is 0 Å². The molecule has 0 bridgehead atoms. The molecule has 1 atom stereocenters. The number of nitrogens with zero attached hydrogens (tertiary/aromatic N) is 3. The number of carbonyl (C=O) groups is 1. The fourth-order valence-electron chi connectivity index (χ4n) is 3.00. The molecule has 8 heteroatoms. The summed E-state index contributed by atoms with van der Waals surface area (Å²) in [6.45, 7) is 1.12. The zero-order valence-electron chi connectivity index (χ0n) is 17.3. The van der Waals surface area contributed by atoms with Crippen LogP contribution >= 0.6 is 11.6 Å². The Morgan fingerprint density at radius 3 is 2.59 bits per heavy atom. The number of hydrogen-bond acceptors (Lipinski definition) is 5. The quantitative estimate of drug-likeness (QED) is 0.310. The van der Waals surface area contributed by atoms with E-state index in [-0.39, 0.29) is 23.6 Å². The number of unbranched alkanes of at least 4 members (excludes halogenated alkanes) is 1. The molecule has 0 spiro atoms. The highest BCUT2D eigenvalue weighted by Gasteiger charge is 2.22. The van der Waals surface area contributed by atoms with Crippen molar-refractivity contribution in [2.24, 2.45) is 0 Å². The number of carboxylic acids is 1. The number of nitrogens with one attached hydrogen (secondary N) is 1. The first-order valence-corrected chi connectivity index (χ1v) is 10.1. The molecule has 0 aliphatic heterocycles. The Bertz CT molecular complexity index is 781. The van der Waals surface area contributed by atoms with Crippen LogP contribution in [0.5, 0.6) is 5.88 Å². The molecule has 0 fully saturated rings. The minimum absolute atomic E-state index is 0.0406. The number of benzene rings is 1. The molecule has 29 heavy (non-hydrogen) atoms. The maximum atomic E-state index is 11.2. The molecule has 1 aromatic carbocycles. The summed E-state index contributed by atoms with van der Waals surface area (Å²) in [7, 11) is 6.00. The number of quaternary nitrogens is 1. The standard InChI is InChI=1S/C21H29ClN4O3/c1-26(2,3)15-17(13-20(27)28)23-21-24-18(22)14-19(25-21)29-12-8-7-11-16-9-5-4-6-10-16/h4-6,9-10,14,17H,7-8,11-13,15H2,1-3H3,(H-,23,24,25,27,28)/p+1. The van der Waals surface area contributed by atoms with Crippen LogP contribution < -0.4 is 10.1 Å². The molecule has 0 saturated heterocycles. The van der Waals surface area contributed by atoms with E-state index in [4.69, 9.17) is 16.3 Å². The fourth-order valence-corrected chi connectivity index (χ4v) is 3.18. The summed E-state index contributed by atoms with van der Waals surface area (Å²) in [5, 5.41) is 12.5. The smallest absolute Gasteiger partial charge is 0.305 e. The van der Waals surface area contributed by atoms with Gasteiger partial charge >= 0.3 is 5.97 Å². The van der Waals surface area contributed by atoms with Crippen LogP contribution in [-0.4, -0.2) is 65.9 Å². The predicted octanol–water partition coefficient (Wildman–Crippen LogP) is 3.49. The van der Waals surface area contributed by atoms with Gasteiger partial charge in [0.1, 0.15) is 5.15 Å². The number of rotatable bonds is 12. The van der Waals surface area contributed by atoms with Crippen LogP contribution in [0.2, 0.25) is 5.15 Å². The van der Waals surface area contributed by atoms with Gasteiger partial charge in [-0.1, -0.05) is 41.9 Å². The summed E-state index contributed by atoms with van der Waals surface area (Å²) >= 11 is 6.10. The number of carboxylic acid groups (broad SMARTS) is 1. The SMILES string of the molecule is C[N+](C)(C)CC(CC(=O)O)Nc1nc(Cl)cc(OCCCCc2ccccc2)n1. The Kier molecular flexibility index (Phi) is 8.67. The van der Waals surface area contributed by atoms with Crippen LogP contribution in [0.4, 0.5) is 5.95 Å². The van der Waals surface area contributed by atoms with Crippen molar-refractivity contribution in [2.75, 3.05) is 39.6 Å². The molecule has 0 aliphatic rings. The molecule has 158 valence electrons. The normalized spacial score (nSPS) is 12.4. The number of halogens is 1. The monoisotopic (exact) mass is 421 g/mol. The lowest BCUT2D eigenvalue weighted by molar-refractivity contribution is -0.870. The van der Waals surface area contributed by atoms with E-state index in [1.807, 2.05) is 39.3 Å². The Labute approximate surface area is 177 Å². The van der Waals surface area contributed by atoms with Crippen LogP contribution in [0.1, 0.15) is 24.8 Å². The number of aromatic nitrogens is 2. The van der Waals surface area contributed by atoms with Crippen molar-refractivity contribution < 1.29 is 19.1 Å². The molecule has 1 heterocycles. The first-order chi connectivity index (χ1) is 13.7. The Morgan fingerprint density at radius 1 is 1.21 bits per heavy atom. The van der Waals surface area contributed by atoms with E-state index in [2.05, 4.69) is 27.4 Å². The van der Waals surface area contributed by atoms with Crippen LogP contribution in [0.3, 0.4) is 0 Å². The van der Waals surface area contributed by atoms with Crippen LogP contribution in [0, 0.1) is 0 Å². The largest absolute Gasteiger partial charge is 0.481 e.